The monoisotopic (exact) mass is 857 g/mol. The Morgan fingerprint density at radius 3 is 1.56 bits per heavy atom. The van der Waals surface area contributed by atoms with Gasteiger partial charge in [0.25, 0.3) is 0 Å². The number of phosphoric acid groups is 1. The zero-order chi connectivity index (χ0) is 43.7. The van der Waals surface area contributed by atoms with Crippen LogP contribution in [0.4, 0.5) is 0 Å². The van der Waals surface area contributed by atoms with Crippen LogP contribution in [0.5, 0.6) is 0 Å². The molecule has 0 aliphatic heterocycles. The molecule has 12 heteroatoms. The fourth-order valence-corrected chi connectivity index (χ4v) is 6.85. The molecule has 0 aromatic heterocycles. The van der Waals surface area contributed by atoms with Gasteiger partial charge in [0.15, 0.2) is 6.10 Å². The minimum atomic E-state index is -4.64. The van der Waals surface area contributed by atoms with Crippen LogP contribution in [0.3, 0.4) is 0 Å². The Morgan fingerprint density at radius 1 is 0.559 bits per heavy atom. The molecule has 0 aliphatic carbocycles. The van der Waals surface area contributed by atoms with Gasteiger partial charge < -0.3 is 29.7 Å². The van der Waals surface area contributed by atoms with Gasteiger partial charge in [0.1, 0.15) is 12.7 Å². The molecular weight excluding hydrogens is 771 g/mol. The second-order valence-corrected chi connectivity index (χ2v) is 17.3. The van der Waals surface area contributed by atoms with Crippen molar-refractivity contribution in [3.63, 3.8) is 0 Å². The van der Waals surface area contributed by atoms with Gasteiger partial charge in [0.2, 0.25) is 0 Å². The van der Waals surface area contributed by atoms with Crippen LogP contribution in [0.2, 0.25) is 0 Å². The summed E-state index contributed by atoms with van der Waals surface area (Å²) in [6.45, 7) is 4.41. The van der Waals surface area contributed by atoms with E-state index in [2.05, 4.69) is 54.8 Å². The molecule has 2 unspecified atom stereocenters. The summed E-state index contributed by atoms with van der Waals surface area (Å²) in [6.07, 6.45) is 40.2. The Bertz CT molecular complexity index is 1150. The second kappa shape index (κ2) is 41.3. The first kappa shape index (κ1) is 56.9. The van der Waals surface area contributed by atoms with E-state index in [9.17, 15) is 29.3 Å². The van der Waals surface area contributed by atoms with Crippen molar-refractivity contribution in [3.8, 4) is 0 Å². The van der Waals surface area contributed by atoms with Gasteiger partial charge in [-0.1, -0.05) is 166 Å². The molecule has 0 rings (SSSR count). The highest BCUT2D eigenvalue weighted by Crippen LogP contribution is 2.43. The summed E-state index contributed by atoms with van der Waals surface area (Å²) in [7, 11) is -4.64. The van der Waals surface area contributed by atoms with E-state index < -0.39 is 51.8 Å². The number of esters is 2. The molecule has 5 atom stereocenters. The number of rotatable bonds is 42. The highest BCUT2D eigenvalue weighted by atomic mass is 31.2. The van der Waals surface area contributed by atoms with Crippen molar-refractivity contribution in [1.82, 2.24) is 0 Å². The molecule has 0 spiro atoms. The van der Waals surface area contributed by atoms with Gasteiger partial charge in [0, 0.05) is 12.8 Å². The number of aliphatic hydroxyl groups excluding tert-OH is 3. The third-order valence-corrected chi connectivity index (χ3v) is 11.1. The van der Waals surface area contributed by atoms with Gasteiger partial charge in [-0.25, -0.2) is 4.57 Å². The number of phosphoric ester groups is 1. The maximum atomic E-state index is 12.6. The first-order valence-corrected chi connectivity index (χ1v) is 24.6. The summed E-state index contributed by atoms with van der Waals surface area (Å²) in [5.74, 6) is -0.136. The Morgan fingerprint density at radius 2 is 1.03 bits per heavy atom. The maximum absolute atomic E-state index is 12.6. The van der Waals surface area contributed by atoms with Crippen LogP contribution >= 0.6 is 7.82 Å². The largest absolute Gasteiger partial charge is 0.472 e. The van der Waals surface area contributed by atoms with Crippen molar-refractivity contribution in [2.24, 2.45) is 5.92 Å². The summed E-state index contributed by atoms with van der Waals surface area (Å²) < 4.78 is 32.7. The highest BCUT2D eigenvalue weighted by Gasteiger charge is 2.27. The lowest BCUT2D eigenvalue weighted by atomic mass is 9.99. The van der Waals surface area contributed by atoms with Gasteiger partial charge in [0.05, 0.1) is 25.9 Å². The topological polar surface area (TPSA) is 169 Å². The van der Waals surface area contributed by atoms with Crippen molar-refractivity contribution in [1.29, 1.82) is 0 Å². The molecule has 0 amide bonds. The minimum absolute atomic E-state index is 0.0950. The Kier molecular flexibility index (Phi) is 39.8. The van der Waals surface area contributed by atoms with E-state index in [0.29, 0.717) is 19.3 Å². The third-order valence-electron chi connectivity index (χ3n) is 10.2. The van der Waals surface area contributed by atoms with Gasteiger partial charge in [-0.15, -0.1) is 0 Å². The predicted octanol–water partition coefficient (Wildman–Crippen LogP) is 11.3. The van der Waals surface area contributed by atoms with Crippen molar-refractivity contribution in [3.05, 3.63) is 48.6 Å². The molecule has 0 bridgehead atoms. The molecular formula is C47H85O11P. The molecule has 0 aliphatic rings. The van der Waals surface area contributed by atoms with Crippen LogP contribution in [0.1, 0.15) is 188 Å². The van der Waals surface area contributed by atoms with E-state index in [1.54, 1.807) is 0 Å². The average Bonchev–Trinajstić information content (AvgIpc) is 3.23. The Labute approximate surface area is 358 Å². The molecule has 0 aromatic rings. The van der Waals surface area contributed by atoms with E-state index in [4.69, 9.17) is 19.1 Å². The SMILES string of the molecule is CCC(C)CCCCCCCCCCCCCCCCC(=O)OC[C@H](COP(=O)(O)OC[C@@H](O)CO)OC(=O)CCC/C=C\C/C=C\C/C=C\C/C=C\CC[C@H](O)CC. The van der Waals surface area contributed by atoms with Crippen molar-refractivity contribution >= 4 is 19.8 Å². The molecule has 344 valence electrons. The maximum Gasteiger partial charge on any atom is 0.472 e. The smallest absolute Gasteiger partial charge is 0.462 e. The number of aliphatic hydroxyl groups is 3. The van der Waals surface area contributed by atoms with Crippen molar-refractivity contribution in [2.75, 3.05) is 26.4 Å². The predicted molar refractivity (Wildman–Crippen MR) is 239 cm³/mol. The van der Waals surface area contributed by atoms with E-state index in [-0.39, 0.29) is 25.6 Å². The van der Waals surface area contributed by atoms with Gasteiger partial charge >= 0.3 is 19.8 Å². The lowest BCUT2D eigenvalue weighted by Crippen LogP contribution is -2.29. The molecule has 0 fully saturated rings. The van der Waals surface area contributed by atoms with Gasteiger partial charge in [-0.3, -0.25) is 18.6 Å². The molecule has 4 N–H and O–H groups in total. The number of carbonyl (C=O) groups excluding carboxylic acids is 2. The standard InChI is InChI=1S/C47H85O11P/c1-4-42(3)34-30-26-22-18-14-10-6-8-12-16-20-24-28-32-36-46(51)55-40-45(41-57-59(53,54)56-39-44(50)38-48)58-47(52)37-33-29-25-21-17-13-9-7-11-15-19-23-27-31-35-43(49)5-2/h9,11,13,15,21,23,25,27,42-45,48-50H,4-8,10,12,14,16-20,22,24,26,28-41H2,1-3H3,(H,53,54)/b13-9-,15-11-,25-21-,27-23-/t42?,43-,44+,45-/m1/s1. The normalized spacial score (nSPS) is 15.3. The average molecular weight is 857 g/mol. The van der Waals surface area contributed by atoms with Crippen LogP contribution in [-0.4, -0.2) is 76.9 Å². The molecule has 0 saturated heterocycles. The van der Waals surface area contributed by atoms with Crippen LogP contribution < -0.4 is 0 Å². The fourth-order valence-electron chi connectivity index (χ4n) is 6.06. The second-order valence-electron chi connectivity index (χ2n) is 15.8. The van der Waals surface area contributed by atoms with Crippen LogP contribution in [-0.2, 0) is 32.7 Å². The summed E-state index contributed by atoms with van der Waals surface area (Å²) in [5.41, 5.74) is 0. The van der Waals surface area contributed by atoms with Gasteiger partial charge in [-0.2, -0.15) is 0 Å². The summed E-state index contributed by atoms with van der Waals surface area (Å²) in [5, 5.41) is 27.9. The first-order chi connectivity index (χ1) is 28.5. The Hall–Kier alpha value is -2.11. The number of unbranched alkanes of at least 4 members (excludes halogenated alkanes) is 14. The minimum Gasteiger partial charge on any atom is -0.462 e. The lowest BCUT2D eigenvalue weighted by molar-refractivity contribution is -0.161. The van der Waals surface area contributed by atoms with Crippen LogP contribution in [0.25, 0.3) is 0 Å². The number of carbonyl (C=O) groups is 2. The summed E-state index contributed by atoms with van der Waals surface area (Å²) >= 11 is 0. The highest BCUT2D eigenvalue weighted by molar-refractivity contribution is 7.47. The molecule has 59 heavy (non-hydrogen) atoms. The fraction of sp³-hybridized carbons (Fsp3) is 0.787. The van der Waals surface area contributed by atoms with E-state index in [1.165, 1.54) is 77.0 Å². The molecule has 0 saturated carbocycles. The number of hydrogen-bond acceptors (Lipinski definition) is 10. The zero-order valence-electron chi connectivity index (χ0n) is 37.2. The number of allylic oxidation sites excluding steroid dienone is 8. The molecule has 0 radical (unpaired) electrons. The zero-order valence-corrected chi connectivity index (χ0v) is 38.1. The summed E-state index contributed by atoms with van der Waals surface area (Å²) in [4.78, 5) is 35.0. The first-order valence-electron chi connectivity index (χ1n) is 23.1. The van der Waals surface area contributed by atoms with E-state index in [1.807, 2.05) is 19.1 Å². The van der Waals surface area contributed by atoms with Gasteiger partial charge in [-0.05, 0) is 63.7 Å². The number of ether oxygens (including phenoxy) is 2. The lowest BCUT2D eigenvalue weighted by Gasteiger charge is -2.20. The van der Waals surface area contributed by atoms with E-state index in [0.717, 1.165) is 63.7 Å². The van der Waals surface area contributed by atoms with Crippen molar-refractivity contribution < 1.29 is 52.9 Å². The quantitative estimate of drug-likeness (QED) is 0.0199. The molecule has 0 heterocycles. The molecule has 0 aromatic carbocycles. The molecule has 11 nitrogen and oxygen atoms in total. The van der Waals surface area contributed by atoms with Crippen LogP contribution in [0.15, 0.2) is 48.6 Å². The third kappa shape index (κ3) is 41.0. The number of hydrogen-bond donors (Lipinski definition) is 4. The van der Waals surface area contributed by atoms with Crippen molar-refractivity contribution in [2.45, 2.75) is 206 Å². The summed E-state index contributed by atoms with van der Waals surface area (Å²) in [6, 6.07) is 0. The van der Waals surface area contributed by atoms with Crippen LogP contribution in [0, 0.1) is 5.92 Å². The van der Waals surface area contributed by atoms with E-state index >= 15 is 0 Å². The Balaban J connectivity index is 4.35.